The number of sulfone groups is 1. The van der Waals surface area contributed by atoms with Gasteiger partial charge in [0, 0.05) is 24.5 Å². The number of benzene rings is 2. The Morgan fingerprint density at radius 1 is 1.17 bits per heavy atom. The normalized spacial score (nSPS) is 12.2. The lowest BCUT2D eigenvalue weighted by atomic mass is 10.2. The third kappa shape index (κ3) is 4.65. The van der Waals surface area contributed by atoms with E-state index in [1.165, 1.54) is 38.6 Å². The maximum Gasteiger partial charge on any atom is 0.251 e. The second-order valence-electron chi connectivity index (χ2n) is 6.67. The molecule has 0 aliphatic carbocycles. The summed E-state index contributed by atoms with van der Waals surface area (Å²) in [5.41, 5.74) is 0.987. The topological polar surface area (TPSA) is 85.4 Å². The second-order valence-corrected chi connectivity index (χ2v) is 8.80. The molecule has 1 N–H and O–H groups in total. The number of amides is 1. The number of hydrogen-bond donors (Lipinski definition) is 1. The zero-order valence-electron chi connectivity index (χ0n) is 16.5. The van der Waals surface area contributed by atoms with E-state index in [1.807, 2.05) is 0 Å². The van der Waals surface area contributed by atoms with Crippen LogP contribution in [0.3, 0.4) is 0 Å². The van der Waals surface area contributed by atoms with Gasteiger partial charge in [0.2, 0.25) is 0 Å². The Labute approximate surface area is 174 Å². The van der Waals surface area contributed by atoms with E-state index < -0.39 is 26.8 Å². The van der Waals surface area contributed by atoms with Crippen LogP contribution in [-0.4, -0.2) is 33.0 Å². The largest absolute Gasteiger partial charge is 0.497 e. The Kier molecular flexibility index (Phi) is 6.47. The van der Waals surface area contributed by atoms with Gasteiger partial charge in [0.25, 0.3) is 5.91 Å². The third-order valence-electron chi connectivity index (χ3n) is 4.67. The first-order chi connectivity index (χ1) is 14.3. The van der Waals surface area contributed by atoms with Gasteiger partial charge in [0.15, 0.2) is 9.84 Å². The van der Waals surface area contributed by atoms with Crippen LogP contribution in [0.15, 0.2) is 71.9 Å². The highest BCUT2D eigenvalue weighted by molar-refractivity contribution is 7.91. The molecule has 3 rings (SSSR count). The molecule has 6 nitrogen and oxygen atoms in total. The van der Waals surface area contributed by atoms with E-state index in [2.05, 4.69) is 10.3 Å². The standard InChI is InChI=1S/C22H21FN2O4S/c1-15-11-19(8-9-20(15)23)30(27,28)21(17-6-4-10-24-13-17)14-25-22(26)16-5-3-7-18(12-16)29-2/h3-13,21H,14H2,1-2H3,(H,25,26)/t21-/m1/s1. The molecule has 0 fully saturated rings. The number of carbonyl (C=O) groups is 1. The number of hydrogen-bond acceptors (Lipinski definition) is 5. The number of ether oxygens (including phenoxy) is 1. The Bertz CT molecular complexity index is 1150. The summed E-state index contributed by atoms with van der Waals surface area (Å²) in [6, 6.07) is 13.4. The summed E-state index contributed by atoms with van der Waals surface area (Å²) in [6.45, 7) is 1.32. The zero-order chi connectivity index (χ0) is 21.7. The Balaban J connectivity index is 1.91. The van der Waals surface area contributed by atoms with Crippen molar-refractivity contribution in [1.82, 2.24) is 10.3 Å². The molecular formula is C22H21FN2O4S. The number of aryl methyl sites for hydroxylation is 1. The van der Waals surface area contributed by atoms with Crippen LogP contribution in [-0.2, 0) is 9.84 Å². The molecule has 156 valence electrons. The number of halogens is 1. The smallest absolute Gasteiger partial charge is 0.251 e. The highest BCUT2D eigenvalue weighted by Crippen LogP contribution is 2.29. The summed E-state index contributed by atoms with van der Waals surface area (Å²) in [5, 5.41) is 1.58. The van der Waals surface area contributed by atoms with Crippen LogP contribution in [0.2, 0.25) is 0 Å². The van der Waals surface area contributed by atoms with Crippen molar-refractivity contribution in [1.29, 1.82) is 0 Å². The van der Waals surface area contributed by atoms with Crippen LogP contribution in [0.25, 0.3) is 0 Å². The van der Waals surface area contributed by atoms with E-state index in [0.717, 1.165) is 6.07 Å². The van der Waals surface area contributed by atoms with Gasteiger partial charge in [-0.2, -0.15) is 0 Å². The summed E-state index contributed by atoms with van der Waals surface area (Å²) >= 11 is 0. The van der Waals surface area contributed by atoms with Crippen LogP contribution in [0, 0.1) is 12.7 Å². The summed E-state index contributed by atoms with van der Waals surface area (Å²) in [6.07, 6.45) is 2.97. The number of pyridine rings is 1. The molecular weight excluding hydrogens is 407 g/mol. The molecule has 1 heterocycles. The summed E-state index contributed by atoms with van der Waals surface area (Å²) in [7, 11) is -2.44. The van der Waals surface area contributed by atoms with Crippen molar-refractivity contribution in [2.45, 2.75) is 17.1 Å². The molecule has 1 amide bonds. The molecule has 0 spiro atoms. The van der Waals surface area contributed by atoms with Gasteiger partial charge < -0.3 is 10.1 Å². The van der Waals surface area contributed by atoms with E-state index in [4.69, 9.17) is 4.74 Å². The van der Waals surface area contributed by atoms with Crippen LogP contribution in [0.5, 0.6) is 5.75 Å². The predicted octanol–water partition coefficient (Wildman–Crippen LogP) is 3.48. The molecule has 0 unspecified atom stereocenters. The van der Waals surface area contributed by atoms with Crippen LogP contribution in [0.4, 0.5) is 4.39 Å². The molecule has 1 aromatic heterocycles. The van der Waals surface area contributed by atoms with E-state index in [9.17, 15) is 17.6 Å². The highest BCUT2D eigenvalue weighted by Gasteiger charge is 2.30. The first-order valence-corrected chi connectivity index (χ1v) is 10.7. The molecule has 3 aromatic rings. The fourth-order valence-electron chi connectivity index (χ4n) is 2.98. The van der Waals surface area contributed by atoms with Crippen LogP contribution in [0.1, 0.15) is 26.7 Å². The molecule has 30 heavy (non-hydrogen) atoms. The van der Waals surface area contributed by atoms with Gasteiger partial charge in [0.1, 0.15) is 16.8 Å². The average Bonchev–Trinajstić information content (AvgIpc) is 2.76. The van der Waals surface area contributed by atoms with Crippen LogP contribution >= 0.6 is 0 Å². The number of rotatable bonds is 7. The summed E-state index contributed by atoms with van der Waals surface area (Å²) in [4.78, 5) is 16.6. The minimum Gasteiger partial charge on any atom is -0.497 e. The minimum atomic E-state index is -3.93. The van der Waals surface area contributed by atoms with E-state index in [-0.39, 0.29) is 17.0 Å². The predicted molar refractivity (Wildman–Crippen MR) is 111 cm³/mol. The molecule has 0 saturated heterocycles. The quantitative estimate of drug-likeness (QED) is 0.583. The monoisotopic (exact) mass is 428 g/mol. The fraction of sp³-hybridized carbons (Fsp3) is 0.182. The molecule has 0 aliphatic rings. The van der Waals surface area contributed by atoms with Crippen molar-refractivity contribution >= 4 is 15.7 Å². The van der Waals surface area contributed by atoms with Gasteiger partial charge >= 0.3 is 0 Å². The lowest BCUT2D eigenvalue weighted by Crippen LogP contribution is -2.32. The van der Waals surface area contributed by atoms with Gasteiger partial charge in [-0.3, -0.25) is 9.78 Å². The molecule has 8 heteroatoms. The Morgan fingerprint density at radius 3 is 2.63 bits per heavy atom. The molecule has 0 bridgehead atoms. The number of carbonyl (C=O) groups excluding carboxylic acids is 1. The minimum absolute atomic E-state index is 0.0223. The van der Waals surface area contributed by atoms with Crippen molar-refractivity contribution in [2.24, 2.45) is 0 Å². The van der Waals surface area contributed by atoms with Crippen molar-refractivity contribution in [3.63, 3.8) is 0 Å². The van der Waals surface area contributed by atoms with Gasteiger partial charge in [-0.1, -0.05) is 12.1 Å². The molecule has 2 aromatic carbocycles. The molecule has 0 radical (unpaired) electrons. The molecule has 0 aliphatic heterocycles. The number of nitrogens with zero attached hydrogens (tertiary/aromatic N) is 1. The van der Waals surface area contributed by atoms with Gasteiger partial charge in [0.05, 0.1) is 12.0 Å². The Hall–Kier alpha value is -3.26. The fourth-order valence-corrected chi connectivity index (χ4v) is 4.71. The molecule has 1 atom stereocenters. The number of methoxy groups -OCH3 is 1. The first kappa shape index (κ1) is 21.4. The zero-order valence-corrected chi connectivity index (χ0v) is 17.3. The number of nitrogens with one attached hydrogen (secondary N) is 1. The van der Waals surface area contributed by atoms with Crippen LogP contribution < -0.4 is 10.1 Å². The van der Waals surface area contributed by atoms with Crippen molar-refractivity contribution in [3.05, 3.63) is 89.5 Å². The van der Waals surface area contributed by atoms with E-state index in [0.29, 0.717) is 16.9 Å². The van der Waals surface area contributed by atoms with Gasteiger partial charge in [-0.05, 0) is 60.5 Å². The maximum atomic E-state index is 13.6. The lowest BCUT2D eigenvalue weighted by Gasteiger charge is -2.19. The third-order valence-corrected chi connectivity index (χ3v) is 6.77. The van der Waals surface area contributed by atoms with E-state index >= 15 is 0 Å². The van der Waals surface area contributed by atoms with Crippen molar-refractivity contribution < 1.29 is 22.3 Å². The van der Waals surface area contributed by atoms with E-state index in [1.54, 1.807) is 36.4 Å². The van der Waals surface area contributed by atoms with Crippen molar-refractivity contribution in [3.8, 4) is 5.75 Å². The Morgan fingerprint density at radius 2 is 1.97 bits per heavy atom. The SMILES string of the molecule is COc1cccc(C(=O)NC[C@H](c2cccnc2)S(=O)(=O)c2ccc(F)c(C)c2)c1. The second kappa shape index (κ2) is 9.04. The first-order valence-electron chi connectivity index (χ1n) is 9.15. The number of aromatic nitrogens is 1. The molecule has 0 saturated carbocycles. The maximum absolute atomic E-state index is 13.6. The highest BCUT2D eigenvalue weighted by atomic mass is 32.2. The average molecular weight is 428 g/mol. The summed E-state index contributed by atoms with van der Waals surface area (Å²) in [5.74, 6) is -0.410. The van der Waals surface area contributed by atoms with Gasteiger partial charge in [-0.25, -0.2) is 12.8 Å². The summed E-state index contributed by atoms with van der Waals surface area (Å²) < 4.78 is 45.4. The van der Waals surface area contributed by atoms with Gasteiger partial charge in [-0.15, -0.1) is 0 Å². The lowest BCUT2D eigenvalue weighted by molar-refractivity contribution is 0.0953. The van der Waals surface area contributed by atoms with Crippen molar-refractivity contribution in [2.75, 3.05) is 13.7 Å².